The van der Waals surface area contributed by atoms with Crippen molar-refractivity contribution in [1.82, 2.24) is 4.90 Å². The number of carbonyl (C=O) groups excluding carboxylic acids is 2. The van der Waals surface area contributed by atoms with Crippen LogP contribution < -0.4 is 5.32 Å². The fourth-order valence-electron chi connectivity index (χ4n) is 4.85. The Labute approximate surface area is 177 Å². The lowest BCUT2D eigenvalue weighted by atomic mass is 9.89. The van der Waals surface area contributed by atoms with E-state index in [1.54, 1.807) is 0 Å². The van der Waals surface area contributed by atoms with E-state index < -0.39 is 5.25 Å². The molecule has 4 rings (SSSR count). The topological polar surface area (TPSA) is 61.8 Å². The van der Waals surface area contributed by atoms with E-state index in [9.17, 15) is 9.59 Å². The van der Waals surface area contributed by atoms with Crippen LogP contribution in [0.1, 0.15) is 70.6 Å². The second-order valence-electron chi connectivity index (χ2n) is 8.45. The summed E-state index contributed by atoms with van der Waals surface area (Å²) in [7, 11) is 0. The molecule has 2 amide bonds. The molecule has 5 nitrogen and oxygen atoms in total. The fraction of sp³-hybridized carbons (Fsp3) is 0.609. The summed E-state index contributed by atoms with van der Waals surface area (Å²) in [5.74, 6) is -0.273. The zero-order valence-electron chi connectivity index (χ0n) is 17.0. The van der Waals surface area contributed by atoms with Gasteiger partial charge in [-0.05, 0) is 37.8 Å². The summed E-state index contributed by atoms with van der Waals surface area (Å²) in [4.78, 5) is 32.0. The summed E-state index contributed by atoms with van der Waals surface area (Å²) in [6, 6.07) is 10.4. The molecule has 1 atom stereocenters. The fourth-order valence-corrected chi connectivity index (χ4v) is 6.05. The highest BCUT2D eigenvalue weighted by Crippen LogP contribution is 2.36. The molecule has 3 aliphatic rings. The van der Waals surface area contributed by atoms with Gasteiger partial charge in [-0.15, -0.1) is 0 Å². The Kier molecular flexibility index (Phi) is 6.90. The van der Waals surface area contributed by atoms with Gasteiger partial charge >= 0.3 is 0 Å². The van der Waals surface area contributed by atoms with E-state index in [1.165, 1.54) is 76.0 Å². The van der Waals surface area contributed by atoms with Crippen LogP contribution in [0.4, 0.5) is 5.69 Å². The molecule has 2 fully saturated rings. The first-order valence-corrected chi connectivity index (χ1v) is 12.0. The number of benzene rings is 1. The SMILES string of the molecule is O=C(CC1SC(N(C2CCCCC2)C2CCCCC2)=NC1=O)Nc1ccccc1. The lowest BCUT2D eigenvalue weighted by molar-refractivity contribution is -0.121. The van der Waals surface area contributed by atoms with Crippen molar-refractivity contribution >= 4 is 34.4 Å². The largest absolute Gasteiger partial charge is 0.345 e. The zero-order valence-corrected chi connectivity index (χ0v) is 17.8. The smallest absolute Gasteiger partial charge is 0.262 e. The van der Waals surface area contributed by atoms with Crippen molar-refractivity contribution in [2.24, 2.45) is 4.99 Å². The van der Waals surface area contributed by atoms with Gasteiger partial charge in [0.15, 0.2) is 5.17 Å². The van der Waals surface area contributed by atoms with Crippen LogP contribution in [-0.2, 0) is 9.59 Å². The van der Waals surface area contributed by atoms with Crippen molar-refractivity contribution in [1.29, 1.82) is 0 Å². The molecule has 0 radical (unpaired) electrons. The molecule has 29 heavy (non-hydrogen) atoms. The molecule has 2 aliphatic carbocycles. The van der Waals surface area contributed by atoms with E-state index in [0.29, 0.717) is 12.1 Å². The number of para-hydroxylation sites is 1. The van der Waals surface area contributed by atoms with Gasteiger partial charge in [-0.2, -0.15) is 4.99 Å². The number of thioether (sulfide) groups is 1. The summed E-state index contributed by atoms with van der Waals surface area (Å²) in [6.07, 6.45) is 12.7. The first-order chi connectivity index (χ1) is 14.2. The molecule has 1 heterocycles. The van der Waals surface area contributed by atoms with Crippen LogP contribution in [0.25, 0.3) is 0 Å². The van der Waals surface area contributed by atoms with E-state index in [1.807, 2.05) is 30.3 Å². The number of amidine groups is 1. The Balaban J connectivity index is 1.41. The van der Waals surface area contributed by atoms with Crippen molar-refractivity contribution < 1.29 is 9.59 Å². The predicted molar refractivity (Wildman–Crippen MR) is 119 cm³/mol. The number of hydrogen-bond donors (Lipinski definition) is 1. The molecule has 0 saturated heterocycles. The molecule has 0 spiro atoms. The molecule has 1 aliphatic heterocycles. The van der Waals surface area contributed by atoms with Crippen molar-refractivity contribution in [3.63, 3.8) is 0 Å². The molecule has 156 valence electrons. The maximum Gasteiger partial charge on any atom is 0.262 e. The van der Waals surface area contributed by atoms with Gasteiger partial charge in [-0.1, -0.05) is 68.5 Å². The highest BCUT2D eigenvalue weighted by atomic mass is 32.2. The van der Waals surface area contributed by atoms with Crippen LogP contribution in [0.5, 0.6) is 0 Å². The van der Waals surface area contributed by atoms with Gasteiger partial charge in [0.05, 0.1) is 0 Å². The Hall–Kier alpha value is -1.82. The maximum atomic E-state index is 12.6. The van der Waals surface area contributed by atoms with Gasteiger partial charge in [0.1, 0.15) is 5.25 Å². The van der Waals surface area contributed by atoms with Crippen molar-refractivity contribution in [3.8, 4) is 0 Å². The van der Waals surface area contributed by atoms with E-state index in [4.69, 9.17) is 0 Å². The highest BCUT2D eigenvalue weighted by Gasteiger charge is 2.38. The van der Waals surface area contributed by atoms with E-state index in [2.05, 4.69) is 15.2 Å². The average Bonchev–Trinajstić information content (AvgIpc) is 3.10. The quantitative estimate of drug-likeness (QED) is 0.739. The molecule has 1 unspecified atom stereocenters. The first kappa shape index (κ1) is 20.5. The van der Waals surface area contributed by atoms with Crippen molar-refractivity contribution in [3.05, 3.63) is 30.3 Å². The molecular weight excluding hydrogens is 382 g/mol. The summed E-state index contributed by atoms with van der Waals surface area (Å²) in [6.45, 7) is 0. The van der Waals surface area contributed by atoms with Crippen LogP contribution >= 0.6 is 11.8 Å². The third kappa shape index (κ3) is 5.21. The van der Waals surface area contributed by atoms with Gasteiger partial charge in [-0.25, -0.2) is 0 Å². The van der Waals surface area contributed by atoms with Crippen molar-refractivity contribution in [2.45, 2.75) is 88.0 Å². The third-order valence-corrected chi connectivity index (χ3v) is 7.48. The second kappa shape index (κ2) is 9.79. The molecular formula is C23H31N3O2S. The summed E-state index contributed by atoms with van der Waals surface area (Å²) in [5, 5.41) is 3.37. The highest BCUT2D eigenvalue weighted by molar-refractivity contribution is 8.15. The van der Waals surface area contributed by atoms with Gasteiger partial charge < -0.3 is 10.2 Å². The number of carbonyl (C=O) groups is 2. The minimum Gasteiger partial charge on any atom is -0.345 e. The number of anilines is 1. The number of nitrogens with one attached hydrogen (secondary N) is 1. The van der Waals surface area contributed by atoms with E-state index in [0.717, 1.165) is 10.9 Å². The predicted octanol–water partition coefficient (Wildman–Crippen LogP) is 4.98. The summed E-state index contributed by atoms with van der Waals surface area (Å²) in [5.41, 5.74) is 0.764. The van der Waals surface area contributed by atoms with E-state index in [-0.39, 0.29) is 18.2 Å². The monoisotopic (exact) mass is 413 g/mol. The molecule has 1 N–H and O–H groups in total. The first-order valence-electron chi connectivity index (χ1n) is 11.1. The summed E-state index contributed by atoms with van der Waals surface area (Å²) < 4.78 is 0. The minimum atomic E-state index is -0.400. The lowest BCUT2D eigenvalue weighted by Gasteiger charge is -2.42. The standard InChI is InChI=1S/C23H31N3O2S/c27-21(24-17-10-4-1-5-11-17)16-20-22(28)25-23(29-20)26(18-12-6-2-7-13-18)19-14-8-3-9-15-19/h1,4-5,10-11,18-20H,2-3,6-9,12-16H2,(H,24,27). The zero-order chi connectivity index (χ0) is 20.1. The third-order valence-electron chi connectivity index (χ3n) is 6.31. The number of hydrogen-bond acceptors (Lipinski definition) is 4. The Bertz CT molecular complexity index is 722. The van der Waals surface area contributed by atoms with Crippen molar-refractivity contribution in [2.75, 3.05) is 5.32 Å². The Morgan fingerprint density at radius 1 is 0.966 bits per heavy atom. The number of amides is 2. The normalized spacial score (nSPS) is 23.7. The molecule has 0 bridgehead atoms. The lowest BCUT2D eigenvalue weighted by Crippen LogP contribution is -2.47. The van der Waals surface area contributed by atoms with Crippen LogP contribution in [0.15, 0.2) is 35.3 Å². The molecule has 0 aromatic heterocycles. The number of rotatable bonds is 5. The number of nitrogens with zero attached hydrogens (tertiary/aromatic N) is 2. The van der Waals surface area contributed by atoms with Gasteiger partial charge in [0.2, 0.25) is 5.91 Å². The Morgan fingerprint density at radius 2 is 1.55 bits per heavy atom. The molecule has 6 heteroatoms. The molecule has 1 aromatic carbocycles. The minimum absolute atomic E-state index is 0.125. The maximum absolute atomic E-state index is 12.6. The second-order valence-corrected chi connectivity index (χ2v) is 9.62. The van der Waals surface area contributed by atoms with Crippen LogP contribution in [-0.4, -0.2) is 39.2 Å². The molecule has 2 saturated carbocycles. The van der Waals surface area contributed by atoms with Crippen LogP contribution in [0.2, 0.25) is 0 Å². The van der Waals surface area contributed by atoms with Gasteiger partial charge in [0, 0.05) is 24.2 Å². The average molecular weight is 414 g/mol. The van der Waals surface area contributed by atoms with Gasteiger partial charge in [0.25, 0.3) is 5.91 Å². The summed E-state index contributed by atoms with van der Waals surface area (Å²) >= 11 is 1.52. The van der Waals surface area contributed by atoms with E-state index >= 15 is 0 Å². The molecule has 1 aromatic rings. The van der Waals surface area contributed by atoms with Gasteiger partial charge in [-0.3, -0.25) is 9.59 Å². The number of aliphatic imine (C=N–C) groups is 1. The van der Waals surface area contributed by atoms with Crippen LogP contribution in [0.3, 0.4) is 0 Å². The van der Waals surface area contributed by atoms with Crippen LogP contribution in [0, 0.1) is 0 Å². The Morgan fingerprint density at radius 3 is 2.14 bits per heavy atom.